The number of nitrogens with zero attached hydrogens (tertiary/aromatic N) is 2. The van der Waals surface area contributed by atoms with Crippen molar-refractivity contribution in [3.05, 3.63) is 182 Å². The van der Waals surface area contributed by atoms with E-state index in [1.165, 1.54) is 52.8 Å². The highest BCUT2D eigenvalue weighted by Crippen LogP contribution is 2.40. The lowest BCUT2D eigenvalue weighted by atomic mass is 9.92. The maximum atomic E-state index is 5.26. The molecule has 2 aromatic heterocycles. The van der Waals surface area contributed by atoms with Crippen molar-refractivity contribution in [1.82, 2.24) is 9.97 Å². The Balaban J connectivity index is 1.21. The largest absolute Gasteiger partial charge is 0.228 e. The molecule has 51 heavy (non-hydrogen) atoms. The molecule has 0 radical (unpaired) electrons. The molecule has 2 nitrogen and oxygen atoms in total. The van der Waals surface area contributed by atoms with Crippen LogP contribution < -0.4 is 0 Å². The SMILES string of the molecule is c1ccc(-c2nc(-c3cc(-c4ccc5c(c4)sc4ccccc45)cc(-c4cccc5ccccc45)c3)cc(-c3ccc4ccccc4c3)n2)cc1. The van der Waals surface area contributed by atoms with Crippen molar-refractivity contribution in [2.24, 2.45) is 0 Å². The maximum absolute atomic E-state index is 5.26. The number of hydrogen-bond acceptors (Lipinski definition) is 3. The molecule has 0 saturated heterocycles. The zero-order chi connectivity index (χ0) is 33.7. The summed E-state index contributed by atoms with van der Waals surface area (Å²) in [4.78, 5) is 10.4. The van der Waals surface area contributed by atoms with Crippen LogP contribution in [0.5, 0.6) is 0 Å². The Bertz CT molecular complexity index is 2920. The van der Waals surface area contributed by atoms with Gasteiger partial charge in [-0.15, -0.1) is 11.3 Å². The lowest BCUT2D eigenvalue weighted by Gasteiger charge is -2.14. The van der Waals surface area contributed by atoms with Gasteiger partial charge in [0, 0.05) is 36.9 Å². The number of fused-ring (bicyclic) bond motifs is 5. The molecule has 3 heteroatoms. The fourth-order valence-electron chi connectivity index (χ4n) is 7.29. The third kappa shape index (κ3) is 5.36. The topological polar surface area (TPSA) is 25.8 Å². The van der Waals surface area contributed by atoms with Gasteiger partial charge in [0.05, 0.1) is 11.4 Å². The summed E-state index contributed by atoms with van der Waals surface area (Å²) in [6.07, 6.45) is 0. The zero-order valence-electron chi connectivity index (χ0n) is 27.6. The number of hydrogen-bond donors (Lipinski definition) is 0. The molecule has 2 heterocycles. The minimum absolute atomic E-state index is 0.708. The Hall–Kier alpha value is -6.42. The highest BCUT2D eigenvalue weighted by Gasteiger charge is 2.16. The van der Waals surface area contributed by atoms with Gasteiger partial charge in [-0.25, -0.2) is 9.97 Å². The zero-order valence-corrected chi connectivity index (χ0v) is 28.4. The summed E-state index contributed by atoms with van der Waals surface area (Å²) in [5.74, 6) is 0.708. The van der Waals surface area contributed by atoms with Crippen LogP contribution in [0.4, 0.5) is 0 Å². The van der Waals surface area contributed by atoms with Crippen molar-refractivity contribution in [1.29, 1.82) is 0 Å². The summed E-state index contributed by atoms with van der Waals surface area (Å²) in [5.41, 5.74) is 9.58. The molecule has 0 unspecified atom stereocenters. The van der Waals surface area contributed by atoms with Crippen molar-refractivity contribution in [3.8, 4) is 56.2 Å². The first kappa shape index (κ1) is 29.5. The van der Waals surface area contributed by atoms with Gasteiger partial charge in [-0.3, -0.25) is 0 Å². The second kappa shape index (κ2) is 12.2. The van der Waals surface area contributed by atoms with Crippen LogP contribution in [0.3, 0.4) is 0 Å². The Morgan fingerprint density at radius 1 is 0.314 bits per heavy atom. The fraction of sp³-hybridized carbons (Fsp3) is 0. The lowest BCUT2D eigenvalue weighted by Crippen LogP contribution is -1.96. The van der Waals surface area contributed by atoms with Crippen molar-refractivity contribution < 1.29 is 0 Å². The molecule has 0 aliphatic rings. The Labute approximate surface area is 300 Å². The minimum atomic E-state index is 0.708. The first-order valence-electron chi connectivity index (χ1n) is 17.2. The van der Waals surface area contributed by atoms with Crippen molar-refractivity contribution in [2.75, 3.05) is 0 Å². The molecule has 0 N–H and O–H groups in total. The van der Waals surface area contributed by atoms with E-state index in [1.54, 1.807) is 0 Å². The second-order valence-corrected chi connectivity index (χ2v) is 14.1. The number of benzene rings is 8. The molecular formula is C48H30N2S. The van der Waals surface area contributed by atoms with E-state index in [4.69, 9.17) is 9.97 Å². The van der Waals surface area contributed by atoms with Crippen LogP contribution in [0.25, 0.3) is 97.9 Å². The van der Waals surface area contributed by atoms with Gasteiger partial charge in [-0.2, -0.15) is 0 Å². The second-order valence-electron chi connectivity index (χ2n) is 13.0. The fourth-order valence-corrected chi connectivity index (χ4v) is 8.43. The van der Waals surface area contributed by atoms with Crippen LogP contribution in [0.2, 0.25) is 0 Å². The summed E-state index contributed by atoms with van der Waals surface area (Å²) in [5, 5.41) is 7.46. The highest BCUT2D eigenvalue weighted by molar-refractivity contribution is 7.25. The summed E-state index contributed by atoms with van der Waals surface area (Å²) in [6.45, 7) is 0. The molecule has 10 rings (SSSR count). The smallest absolute Gasteiger partial charge is 0.160 e. The quantitative estimate of drug-likeness (QED) is 0.183. The molecule has 238 valence electrons. The molecule has 10 aromatic rings. The summed E-state index contributed by atoms with van der Waals surface area (Å²) in [6, 6.07) is 65.2. The van der Waals surface area contributed by atoms with E-state index in [-0.39, 0.29) is 0 Å². The number of thiophene rings is 1. The standard InChI is InChI=1S/C48H30N2S/c1-2-13-33(14-3-1)48-49-44(36-22-21-31-11-4-5-15-34(31)25-36)30-45(50-48)39-27-37(26-38(28-39)41-19-10-16-32-12-6-7-17-40(32)41)35-23-24-43-42-18-8-9-20-46(42)51-47(43)29-35/h1-30H. The Kier molecular flexibility index (Phi) is 7.04. The molecule has 0 fully saturated rings. The molecule has 0 saturated carbocycles. The first-order valence-corrected chi connectivity index (χ1v) is 18.0. The average Bonchev–Trinajstić information content (AvgIpc) is 3.58. The molecule has 0 atom stereocenters. The maximum Gasteiger partial charge on any atom is 0.160 e. The molecule has 8 aromatic carbocycles. The number of rotatable bonds is 5. The normalized spacial score (nSPS) is 11.5. The first-order chi connectivity index (χ1) is 25.2. The third-order valence-electron chi connectivity index (χ3n) is 9.84. The minimum Gasteiger partial charge on any atom is -0.228 e. The molecule has 0 amide bonds. The molecule has 0 spiro atoms. The van der Waals surface area contributed by atoms with E-state index in [0.29, 0.717) is 5.82 Å². The summed E-state index contributed by atoms with van der Waals surface area (Å²) in [7, 11) is 0. The van der Waals surface area contributed by atoms with E-state index in [2.05, 4.69) is 164 Å². The van der Waals surface area contributed by atoms with Crippen LogP contribution in [0.15, 0.2) is 182 Å². The number of aromatic nitrogens is 2. The van der Waals surface area contributed by atoms with E-state index < -0.39 is 0 Å². The molecular weight excluding hydrogens is 637 g/mol. The van der Waals surface area contributed by atoms with Crippen molar-refractivity contribution in [2.45, 2.75) is 0 Å². The van der Waals surface area contributed by atoms with Crippen LogP contribution in [-0.4, -0.2) is 9.97 Å². The van der Waals surface area contributed by atoms with E-state index in [9.17, 15) is 0 Å². The van der Waals surface area contributed by atoms with Crippen molar-refractivity contribution >= 4 is 53.1 Å². The van der Waals surface area contributed by atoms with Crippen LogP contribution in [0.1, 0.15) is 0 Å². The van der Waals surface area contributed by atoms with E-state index >= 15 is 0 Å². The predicted molar refractivity (Wildman–Crippen MR) is 217 cm³/mol. The predicted octanol–water partition coefficient (Wildman–Crippen LogP) is 13.5. The van der Waals surface area contributed by atoms with Gasteiger partial charge in [0.2, 0.25) is 0 Å². The van der Waals surface area contributed by atoms with Gasteiger partial charge in [-0.1, -0.05) is 140 Å². The van der Waals surface area contributed by atoms with Crippen LogP contribution in [0, 0.1) is 0 Å². The van der Waals surface area contributed by atoms with Gasteiger partial charge in [-0.05, 0) is 86.3 Å². The molecule has 0 aliphatic heterocycles. The molecule has 0 aliphatic carbocycles. The van der Waals surface area contributed by atoms with Crippen LogP contribution in [-0.2, 0) is 0 Å². The van der Waals surface area contributed by atoms with Gasteiger partial charge < -0.3 is 0 Å². The average molecular weight is 667 g/mol. The Morgan fingerprint density at radius 3 is 1.84 bits per heavy atom. The van der Waals surface area contributed by atoms with Gasteiger partial charge in [0.25, 0.3) is 0 Å². The van der Waals surface area contributed by atoms with Crippen LogP contribution >= 0.6 is 11.3 Å². The monoisotopic (exact) mass is 666 g/mol. The summed E-state index contributed by atoms with van der Waals surface area (Å²) < 4.78 is 2.60. The summed E-state index contributed by atoms with van der Waals surface area (Å²) >= 11 is 1.85. The Morgan fingerprint density at radius 2 is 0.961 bits per heavy atom. The van der Waals surface area contributed by atoms with Gasteiger partial charge in [0.1, 0.15) is 0 Å². The van der Waals surface area contributed by atoms with Crippen molar-refractivity contribution in [3.63, 3.8) is 0 Å². The van der Waals surface area contributed by atoms with E-state index in [0.717, 1.165) is 39.2 Å². The third-order valence-corrected chi connectivity index (χ3v) is 11.0. The van der Waals surface area contributed by atoms with Gasteiger partial charge >= 0.3 is 0 Å². The lowest BCUT2D eigenvalue weighted by molar-refractivity contribution is 1.18. The van der Waals surface area contributed by atoms with Gasteiger partial charge in [0.15, 0.2) is 5.82 Å². The highest BCUT2D eigenvalue weighted by atomic mass is 32.1. The van der Waals surface area contributed by atoms with E-state index in [1.807, 2.05) is 29.5 Å². The molecule has 0 bridgehead atoms.